The Morgan fingerprint density at radius 3 is 2.37 bits per heavy atom. The van der Waals surface area contributed by atoms with Gasteiger partial charge in [-0.05, 0) is 18.6 Å². The van der Waals surface area contributed by atoms with E-state index in [1.165, 1.54) is 11.3 Å². The molecule has 0 bridgehead atoms. The maximum Gasteiger partial charge on any atom is 0.215 e. The standard InChI is InChI=1S/C13H19ClN2O2S/c1-12-4-2-3-5-13(12)15-7-9-16(10-8-15)19(17,18)11-6-14/h2-5H,6-11H2,1H3. The highest BCUT2D eigenvalue weighted by Crippen LogP contribution is 2.21. The number of rotatable bonds is 4. The SMILES string of the molecule is Cc1ccccc1N1CCN(S(=O)(=O)CCCl)CC1. The van der Waals surface area contributed by atoms with Crippen LogP contribution in [0.25, 0.3) is 0 Å². The van der Waals surface area contributed by atoms with Crippen molar-refractivity contribution < 1.29 is 8.42 Å². The maximum absolute atomic E-state index is 11.9. The number of anilines is 1. The zero-order valence-electron chi connectivity index (χ0n) is 11.0. The van der Waals surface area contributed by atoms with E-state index >= 15 is 0 Å². The lowest BCUT2D eigenvalue weighted by Crippen LogP contribution is -2.49. The van der Waals surface area contributed by atoms with E-state index in [0.717, 1.165) is 13.1 Å². The summed E-state index contributed by atoms with van der Waals surface area (Å²) in [4.78, 5) is 2.24. The van der Waals surface area contributed by atoms with Gasteiger partial charge in [0.1, 0.15) is 0 Å². The smallest absolute Gasteiger partial charge is 0.215 e. The van der Waals surface area contributed by atoms with Gasteiger partial charge in [0.25, 0.3) is 0 Å². The van der Waals surface area contributed by atoms with Crippen molar-refractivity contribution >= 4 is 27.3 Å². The monoisotopic (exact) mass is 302 g/mol. The summed E-state index contributed by atoms with van der Waals surface area (Å²) in [6, 6.07) is 8.18. The molecule has 1 aromatic rings. The molecule has 1 aliphatic rings. The molecule has 0 radical (unpaired) electrons. The van der Waals surface area contributed by atoms with Crippen molar-refractivity contribution in [1.82, 2.24) is 4.31 Å². The summed E-state index contributed by atoms with van der Waals surface area (Å²) in [5.41, 5.74) is 2.41. The molecule has 0 amide bonds. The molecule has 2 rings (SSSR count). The first-order valence-corrected chi connectivity index (χ1v) is 8.53. The highest BCUT2D eigenvalue weighted by Gasteiger charge is 2.26. The van der Waals surface area contributed by atoms with Gasteiger partial charge in [-0.3, -0.25) is 0 Å². The Labute approximate surface area is 120 Å². The quantitative estimate of drug-likeness (QED) is 0.795. The fourth-order valence-electron chi connectivity index (χ4n) is 2.35. The van der Waals surface area contributed by atoms with Crippen molar-refractivity contribution in [3.8, 4) is 0 Å². The number of para-hydroxylation sites is 1. The van der Waals surface area contributed by atoms with Crippen LogP contribution in [0.4, 0.5) is 5.69 Å². The number of aryl methyl sites for hydroxylation is 1. The molecule has 19 heavy (non-hydrogen) atoms. The summed E-state index contributed by atoms with van der Waals surface area (Å²) in [6.45, 7) is 4.60. The van der Waals surface area contributed by atoms with Crippen LogP contribution in [0.5, 0.6) is 0 Å². The molecule has 0 aliphatic carbocycles. The third-order valence-electron chi connectivity index (χ3n) is 3.42. The van der Waals surface area contributed by atoms with Crippen LogP contribution in [0.15, 0.2) is 24.3 Å². The topological polar surface area (TPSA) is 40.6 Å². The van der Waals surface area contributed by atoms with Gasteiger partial charge in [0.05, 0.1) is 5.75 Å². The minimum absolute atomic E-state index is 0.0267. The number of sulfonamides is 1. The van der Waals surface area contributed by atoms with Crippen LogP contribution in [-0.2, 0) is 10.0 Å². The maximum atomic E-state index is 11.9. The molecular formula is C13H19ClN2O2S. The van der Waals surface area contributed by atoms with Crippen LogP contribution in [0.3, 0.4) is 0 Å². The van der Waals surface area contributed by atoms with Gasteiger partial charge >= 0.3 is 0 Å². The van der Waals surface area contributed by atoms with Gasteiger partial charge in [-0.25, -0.2) is 8.42 Å². The van der Waals surface area contributed by atoms with Crippen molar-refractivity contribution in [2.45, 2.75) is 6.92 Å². The van der Waals surface area contributed by atoms with Crippen LogP contribution in [0.1, 0.15) is 5.56 Å². The Kier molecular flexibility index (Phi) is 4.71. The largest absolute Gasteiger partial charge is 0.369 e. The average molecular weight is 303 g/mol. The van der Waals surface area contributed by atoms with E-state index in [1.54, 1.807) is 4.31 Å². The number of piperazine rings is 1. The fraction of sp³-hybridized carbons (Fsp3) is 0.538. The number of halogens is 1. The zero-order chi connectivity index (χ0) is 13.9. The second kappa shape index (κ2) is 6.11. The van der Waals surface area contributed by atoms with Gasteiger partial charge in [-0.15, -0.1) is 11.6 Å². The van der Waals surface area contributed by atoms with E-state index in [4.69, 9.17) is 11.6 Å². The van der Waals surface area contributed by atoms with E-state index in [-0.39, 0.29) is 11.6 Å². The molecule has 0 aromatic heterocycles. The minimum atomic E-state index is -3.17. The molecule has 0 unspecified atom stereocenters. The molecule has 0 atom stereocenters. The van der Waals surface area contributed by atoms with E-state index in [1.807, 2.05) is 12.1 Å². The van der Waals surface area contributed by atoms with Gasteiger partial charge in [0.2, 0.25) is 10.0 Å². The third-order valence-corrected chi connectivity index (χ3v) is 5.71. The van der Waals surface area contributed by atoms with Crippen LogP contribution in [0, 0.1) is 6.92 Å². The van der Waals surface area contributed by atoms with Crippen molar-refractivity contribution in [2.75, 3.05) is 42.7 Å². The van der Waals surface area contributed by atoms with Crippen LogP contribution in [-0.4, -0.2) is 50.5 Å². The summed E-state index contributed by atoms with van der Waals surface area (Å²) in [6.07, 6.45) is 0. The Balaban J connectivity index is 2.02. The summed E-state index contributed by atoms with van der Waals surface area (Å²) in [5, 5.41) is 0. The third kappa shape index (κ3) is 3.41. The van der Waals surface area contributed by atoms with Crippen molar-refractivity contribution in [3.05, 3.63) is 29.8 Å². The second-order valence-corrected chi connectivity index (χ2v) is 7.14. The predicted molar refractivity (Wildman–Crippen MR) is 79.5 cm³/mol. The number of alkyl halides is 1. The highest BCUT2D eigenvalue weighted by molar-refractivity contribution is 7.89. The summed E-state index contributed by atoms with van der Waals surface area (Å²) in [7, 11) is -3.17. The normalized spacial score (nSPS) is 17.7. The second-order valence-electron chi connectivity index (χ2n) is 4.68. The Hall–Kier alpha value is -0.780. The van der Waals surface area contributed by atoms with Crippen molar-refractivity contribution in [1.29, 1.82) is 0 Å². The van der Waals surface area contributed by atoms with Gasteiger partial charge in [-0.2, -0.15) is 4.31 Å². The predicted octanol–water partition coefficient (Wildman–Crippen LogP) is 1.69. The molecule has 0 saturated carbocycles. The van der Waals surface area contributed by atoms with Crippen LogP contribution >= 0.6 is 11.6 Å². The Morgan fingerprint density at radius 2 is 1.79 bits per heavy atom. The molecule has 1 saturated heterocycles. The lowest BCUT2D eigenvalue weighted by molar-refractivity contribution is 0.385. The lowest BCUT2D eigenvalue weighted by atomic mass is 10.1. The van der Waals surface area contributed by atoms with Gasteiger partial charge in [0, 0.05) is 37.7 Å². The number of hydrogen-bond acceptors (Lipinski definition) is 3. The van der Waals surface area contributed by atoms with E-state index in [2.05, 4.69) is 24.0 Å². The fourth-order valence-corrected chi connectivity index (χ4v) is 4.11. The average Bonchev–Trinajstić information content (AvgIpc) is 2.39. The Bertz CT molecular complexity index is 525. The highest BCUT2D eigenvalue weighted by atomic mass is 35.5. The molecule has 0 N–H and O–H groups in total. The van der Waals surface area contributed by atoms with Crippen LogP contribution < -0.4 is 4.90 Å². The molecule has 106 valence electrons. The number of hydrogen-bond donors (Lipinski definition) is 0. The minimum Gasteiger partial charge on any atom is -0.369 e. The Morgan fingerprint density at radius 1 is 1.16 bits per heavy atom. The number of benzene rings is 1. The van der Waals surface area contributed by atoms with Crippen LogP contribution in [0.2, 0.25) is 0 Å². The first-order chi connectivity index (χ1) is 9.04. The number of nitrogens with zero attached hydrogens (tertiary/aromatic N) is 2. The van der Waals surface area contributed by atoms with E-state index in [0.29, 0.717) is 13.1 Å². The van der Waals surface area contributed by atoms with Gasteiger partial charge in [-0.1, -0.05) is 18.2 Å². The van der Waals surface area contributed by atoms with Gasteiger partial charge in [0.15, 0.2) is 0 Å². The molecular weight excluding hydrogens is 284 g/mol. The molecule has 1 heterocycles. The molecule has 1 aliphatic heterocycles. The van der Waals surface area contributed by atoms with Crippen molar-refractivity contribution in [2.24, 2.45) is 0 Å². The molecule has 1 aromatic carbocycles. The summed E-state index contributed by atoms with van der Waals surface area (Å²) >= 11 is 5.53. The van der Waals surface area contributed by atoms with Gasteiger partial charge < -0.3 is 4.90 Å². The molecule has 6 heteroatoms. The molecule has 0 spiro atoms. The first-order valence-electron chi connectivity index (χ1n) is 6.39. The zero-order valence-corrected chi connectivity index (χ0v) is 12.6. The molecule has 1 fully saturated rings. The van der Waals surface area contributed by atoms with Crippen molar-refractivity contribution in [3.63, 3.8) is 0 Å². The van der Waals surface area contributed by atoms with E-state index < -0.39 is 10.0 Å². The lowest BCUT2D eigenvalue weighted by Gasteiger charge is -2.36. The summed E-state index contributed by atoms with van der Waals surface area (Å²) < 4.78 is 25.4. The summed E-state index contributed by atoms with van der Waals surface area (Å²) in [5.74, 6) is 0.180. The van der Waals surface area contributed by atoms with E-state index in [9.17, 15) is 8.42 Å². The first kappa shape index (κ1) is 14.6. The molecule has 4 nitrogen and oxygen atoms in total.